The monoisotopic (exact) mass is 365 g/mol. The number of aromatic nitrogens is 3. The third kappa shape index (κ3) is 3.99. The molecule has 26 heavy (non-hydrogen) atoms. The normalized spacial score (nSPS) is 15.8. The van der Waals surface area contributed by atoms with E-state index in [4.69, 9.17) is 5.73 Å². The molecule has 0 amide bonds. The molecule has 0 unspecified atom stereocenters. The summed E-state index contributed by atoms with van der Waals surface area (Å²) in [7, 11) is 0. The zero-order valence-electron chi connectivity index (χ0n) is 14.0. The van der Waals surface area contributed by atoms with Gasteiger partial charge in [0.1, 0.15) is 35.7 Å². The molecule has 0 spiro atoms. The first-order chi connectivity index (χ1) is 12.3. The Morgan fingerprint density at radius 3 is 2.81 bits per heavy atom. The first-order valence-corrected chi connectivity index (χ1v) is 7.58. The van der Waals surface area contributed by atoms with Crippen molar-refractivity contribution in [1.82, 2.24) is 14.8 Å². The summed E-state index contributed by atoms with van der Waals surface area (Å²) in [6.45, 7) is 4.81. The minimum atomic E-state index is -1.99. The number of rotatable bonds is 7. The molecule has 0 fully saturated rings. The molecule has 2 atom stereocenters. The number of aliphatic hydroxyl groups is 1. The molecule has 0 saturated heterocycles. The standard InChI is InChI=1S/C17H18F3N5O/c1-11(16(20)6-22-8-21)12(2)17(26,7-25-10-23-9-24-25)14-4-3-13(18)5-15(14)19/h3-6,8-10,12,26H,1,7H2,2H3,(H2,21,22)/b16-6+/t12-,17+/m1/s1. The Labute approximate surface area is 148 Å². The lowest BCUT2D eigenvalue weighted by molar-refractivity contribution is -0.0261. The molecule has 0 bridgehead atoms. The van der Waals surface area contributed by atoms with E-state index in [0.717, 1.165) is 24.7 Å². The van der Waals surface area contributed by atoms with Crippen LogP contribution < -0.4 is 5.73 Å². The minimum Gasteiger partial charge on any atom is -0.390 e. The smallest absolute Gasteiger partial charge is 0.144 e. The van der Waals surface area contributed by atoms with Gasteiger partial charge in [0.15, 0.2) is 0 Å². The Balaban J connectivity index is 2.51. The summed E-state index contributed by atoms with van der Waals surface area (Å²) in [4.78, 5) is 7.22. The highest BCUT2D eigenvalue weighted by molar-refractivity contribution is 5.52. The molecule has 1 aromatic carbocycles. The number of allylic oxidation sites excluding steroid dienone is 1. The zero-order chi connectivity index (χ0) is 19.3. The van der Waals surface area contributed by atoms with Gasteiger partial charge in [-0.2, -0.15) is 5.10 Å². The van der Waals surface area contributed by atoms with Crippen LogP contribution in [0.15, 0.2) is 60.0 Å². The van der Waals surface area contributed by atoms with Gasteiger partial charge in [-0.3, -0.25) is 0 Å². The van der Waals surface area contributed by atoms with E-state index in [-0.39, 0.29) is 17.7 Å². The van der Waals surface area contributed by atoms with Crippen LogP contribution in [0.5, 0.6) is 0 Å². The van der Waals surface area contributed by atoms with Crippen LogP contribution in [-0.2, 0) is 12.1 Å². The van der Waals surface area contributed by atoms with Gasteiger partial charge in [-0.15, -0.1) is 0 Å². The molecular formula is C17H18F3N5O. The van der Waals surface area contributed by atoms with Crippen LogP contribution in [0.2, 0.25) is 0 Å². The van der Waals surface area contributed by atoms with Crippen LogP contribution in [0.1, 0.15) is 12.5 Å². The molecule has 138 valence electrons. The van der Waals surface area contributed by atoms with Crippen molar-refractivity contribution in [2.75, 3.05) is 0 Å². The van der Waals surface area contributed by atoms with Crippen molar-refractivity contribution < 1.29 is 18.3 Å². The van der Waals surface area contributed by atoms with Crippen molar-refractivity contribution >= 4 is 6.34 Å². The van der Waals surface area contributed by atoms with Crippen molar-refractivity contribution in [3.63, 3.8) is 0 Å². The molecule has 1 heterocycles. The third-order valence-corrected chi connectivity index (χ3v) is 4.09. The lowest BCUT2D eigenvalue weighted by atomic mass is 9.77. The van der Waals surface area contributed by atoms with E-state index in [0.29, 0.717) is 6.07 Å². The number of benzene rings is 1. The number of nitrogens with zero attached hydrogens (tertiary/aromatic N) is 4. The van der Waals surface area contributed by atoms with Crippen molar-refractivity contribution in [3.8, 4) is 0 Å². The Morgan fingerprint density at radius 2 is 2.23 bits per heavy atom. The molecule has 9 heteroatoms. The summed E-state index contributed by atoms with van der Waals surface area (Å²) in [6.07, 6.45) is 4.26. The number of aliphatic imine (C=N–C) groups is 1. The topological polar surface area (TPSA) is 89.3 Å². The fraction of sp³-hybridized carbons (Fsp3) is 0.235. The Bertz CT molecular complexity index is 835. The largest absolute Gasteiger partial charge is 0.390 e. The second kappa shape index (κ2) is 7.96. The number of hydrogen-bond donors (Lipinski definition) is 2. The average Bonchev–Trinajstić information content (AvgIpc) is 3.10. The minimum absolute atomic E-state index is 0.137. The van der Waals surface area contributed by atoms with E-state index in [1.54, 1.807) is 0 Å². The van der Waals surface area contributed by atoms with Crippen LogP contribution >= 0.6 is 0 Å². The van der Waals surface area contributed by atoms with E-state index in [1.165, 1.54) is 24.3 Å². The third-order valence-electron chi connectivity index (χ3n) is 4.09. The van der Waals surface area contributed by atoms with E-state index in [9.17, 15) is 18.3 Å². The number of hydrogen-bond acceptors (Lipinski definition) is 4. The quantitative estimate of drug-likeness (QED) is 0.448. The van der Waals surface area contributed by atoms with Gasteiger partial charge in [0.2, 0.25) is 0 Å². The highest BCUT2D eigenvalue weighted by Gasteiger charge is 2.41. The second-order valence-electron chi connectivity index (χ2n) is 5.66. The number of halogens is 3. The SMILES string of the molecule is C=C(/C(F)=C\N=C/N)[C@@H](C)[C@@](O)(Cn1cncn1)c1ccc(F)cc1F. The van der Waals surface area contributed by atoms with Crippen LogP contribution in [0.3, 0.4) is 0 Å². The van der Waals surface area contributed by atoms with Crippen molar-refractivity contribution in [1.29, 1.82) is 0 Å². The molecule has 0 aliphatic carbocycles. The van der Waals surface area contributed by atoms with Crippen LogP contribution in [0.25, 0.3) is 0 Å². The highest BCUT2D eigenvalue weighted by Crippen LogP contribution is 2.39. The molecular weight excluding hydrogens is 347 g/mol. The van der Waals surface area contributed by atoms with Gasteiger partial charge in [-0.05, 0) is 11.6 Å². The zero-order valence-corrected chi connectivity index (χ0v) is 14.0. The van der Waals surface area contributed by atoms with Gasteiger partial charge >= 0.3 is 0 Å². The Morgan fingerprint density at radius 1 is 1.50 bits per heavy atom. The first-order valence-electron chi connectivity index (χ1n) is 7.58. The van der Waals surface area contributed by atoms with Crippen molar-refractivity contribution in [3.05, 3.63) is 72.2 Å². The number of nitrogens with two attached hydrogens (primary N) is 1. The van der Waals surface area contributed by atoms with Crippen LogP contribution in [-0.4, -0.2) is 26.2 Å². The van der Waals surface area contributed by atoms with Gasteiger partial charge in [-0.25, -0.2) is 27.8 Å². The molecule has 0 aliphatic rings. The Hall–Kier alpha value is -2.94. The molecule has 0 aliphatic heterocycles. The maximum atomic E-state index is 14.4. The molecule has 2 aromatic rings. The fourth-order valence-electron chi connectivity index (χ4n) is 2.54. The summed E-state index contributed by atoms with van der Waals surface area (Å²) in [5.74, 6) is -3.63. The summed E-state index contributed by atoms with van der Waals surface area (Å²) in [5, 5.41) is 15.2. The van der Waals surface area contributed by atoms with Crippen LogP contribution in [0, 0.1) is 17.6 Å². The fourth-order valence-corrected chi connectivity index (χ4v) is 2.54. The summed E-state index contributed by atoms with van der Waals surface area (Å²) < 4.78 is 43.1. The maximum Gasteiger partial charge on any atom is 0.144 e. The molecule has 0 radical (unpaired) electrons. The first kappa shape index (κ1) is 19.4. The van der Waals surface area contributed by atoms with Gasteiger partial charge < -0.3 is 10.8 Å². The van der Waals surface area contributed by atoms with Gasteiger partial charge in [-0.1, -0.05) is 19.6 Å². The van der Waals surface area contributed by atoms with E-state index < -0.39 is 29.0 Å². The lowest BCUT2D eigenvalue weighted by Crippen LogP contribution is -2.40. The summed E-state index contributed by atoms with van der Waals surface area (Å²) in [5.41, 5.74) is 2.72. The molecule has 6 nitrogen and oxygen atoms in total. The second-order valence-corrected chi connectivity index (χ2v) is 5.66. The van der Waals surface area contributed by atoms with E-state index >= 15 is 0 Å². The average molecular weight is 365 g/mol. The summed E-state index contributed by atoms with van der Waals surface area (Å²) in [6, 6.07) is 2.75. The van der Waals surface area contributed by atoms with Crippen molar-refractivity contribution in [2.45, 2.75) is 19.1 Å². The van der Waals surface area contributed by atoms with Gasteiger partial charge in [0.05, 0.1) is 19.1 Å². The summed E-state index contributed by atoms with van der Waals surface area (Å²) >= 11 is 0. The van der Waals surface area contributed by atoms with Crippen molar-refractivity contribution in [2.24, 2.45) is 16.6 Å². The predicted octanol–water partition coefficient (Wildman–Crippen LogP) is 2.43. The van der Waals surface area contributed by atoms with Crippen LogP contribution in [0.4, 0.5) is 13.2 Å². The lowest BCUT2D eigenvalue weighted by Gasteiger charge is -2.35. The van der Waals surface area contributed by atoms with E-state index in [2.05, 4.69) is 21.7 Å². The Kier molecular flexibility index (Phi) is 5.93. The highest BCUT2D eigenvalue weighted by atomic mass is 19.1. The van der Waals surface area contributed by atoms with Gasteiger partial charge in [0, 0.05) is 17.5 Å². The molecule has 1 aromatic heterocycles. The molecule has 3 N–H and O–H groups in total. The molecule has 0 saturated carbocycles. The predicted molar refractivity (Wildman–Crippen MR) is 90.5 cm³/mol. The van der Waals surface area contributed by atoms with E-state index in [1.807, 2.05) is 0 Å². The van der Waals surface area contributed by atoms with Gasteiger partial charge in [0.25, 0.3) is 0 Å². The maximum absolute atomic E-state index is 14.4. The molecule has 2 rings (SSSR count).